The molecule has 0 aromatic carbocycles. The van der Waals surface area contributed by atoms with Gasteiger partial charge in [-0.2, -0.15) is 0 Å². The summed E-state index contributed by atoms with van der Waals surface area (Å²) in [6.45, 7) is 2.14. The summed E-state index contributed by atoms with van der Waals surface area (Å²) in [6, 6.07) is 0.479. The van der Waals surface area contributed by atoms with Crippen LogP contribution in [0.3, 0.4) is 0 Å². The number of nitrogens with two attached hydrogens (primary N) is 1. The summed E-state index contributed by atoms with van der Waals surface area (Å²) in [5.74, 6) is 3.01. The highest BCUT2D eigenvalue weighted by atomic mass is 14.7. The molecule has 8 heavy (non-hydrogen) atoms. The lowest BCUT2D eigenvalue weighted by Crippen LogP contribution is -2.57. The van der Waals surface area contributed by atoms with Gasteiger partial charge in [0, 0.05) is 6.04 Å². The zero-order valence-electron chi connectivity index (χ0n) is 5.30. The first-order valence-corrected chi connectivity index (χ1v) is 3.54. The summed E-state index contributed by atoms with van der Waals surface area (Å²) in [4.78, 5) is 0. The van der Waals surface area contributed by atoms with Crippen LogP contribution in [-0.2, 0) is 0 Å². The largest absolute Gasteiger partial charge is 0.328 e. The Bertz CT molecular complexity index is 92.2. The van der Waals surface area contributed by atoms with Crippen LogP contribution in [-0.4, -0.2) is 6.04 Å². The van der Waals surface area contributed by atoms with Crippen molar-refractivity contribution in [3.8, 4) is 0 Å². The molecule has 3 fully saturated rings. The summed E-state index contributed by atoms with van der Waals surface area (Å²) in [5.41, 5.74) is 5.72. The third kappa shape index (κ3) is 0.368. The normalized spacial score (nSPS) is 54.0. The molecule has 1 heteroatoms. The van der Waals surface area contributed by atoms with Gasteiger partial charge in [-0.15, -0.1) is 0 Å². The molecule has 0 aromatic heterocycles. The monoisotopic (exact) mass is 111 g/mol. The lowest BCUT2D eigenvalue weighted by Gasteiger charge is -2.60. The Morgan fingerprint density at radius 1 is 1.38 bits per heavy atom. The topological polar surface area (TPSA) is 26.0 Å². The van der Waals surface area contributed by atoms with Crippen LogP contribution >= 0.6 is 0 Å². The van der Waals surface area contributed by atoms with Gasteiger partial charge in [-0.3, -0.25) is 0 Å². The van der Waals surface area contributed by atoms with Crippen molar-refractivity contribution in [3.63, 3.8) is 0 Å². The molecular weight excluding hydrogens is 98.1 g/mol. The van der Waals surface area contributed by atoms with Gasteiger partial charge in [-0.25, -0.2) is 0 Å². The van der Waals surface area contributed by atoms with E-state index in [1.165, 1.54) is 12.8 Å². The predicted octanol–water partition coefficient (Wildman–Crippen LogP) is 0.990. The Morgan fingerprint density at radius 2 is 1.88 bits per heavy atom. The van der Waals surface area contributed by atoms with Crippen LogP contribution in [0.25, 0.3) is 0 Å². The number of hydrogen-bond acceptors (Lipinski definition) is 1. The first-order chi connectivity index (χ1) is 3.79. The van der Waals surface area contributed by atoms with E-state index in [1.807, 2.05) is 0 Å². The minimum atomic E-state index is 0.479. The van der Waals surface area contributed by atoms with E-state index in [1.54, 1.807) is 0 Å². The fraction of sp³-hybridized carbons (Fsp3) is 1.00. The molecule has 0 spiro atoms. The average molecular weight is 111 g/mol. The van der Waals surface area contributed by atoms with Crippen LogP contribution in [0.4, 0.5) is 0 Å². The van der Waals surface area contributed by atoms with Crippen LogP contribution in [0.5, 0.6) is 0 Å². The summed E-state index contributed by atoms with van der Waals surface area (Å²) >= 11 is 0. The summed E-state index contributed by atoms with van der Waals surface area (Å²) in [6.07, 6.45) is 2.98. The first-order valence-electron chi connectivity index (χ1n) is 3.54. The van der Waals surface area contributed by atoms with Crippen molar-refractivity contribution >= 4 is 0 Å². The van der Waals surface area contributed by atoms with E-state index in [0.717, 1.165) is 17.8 Å². The Balaban J connectivity index is 1.94. The standard InChI is InChI=1S/C7H13N/c1-4(8)7-5-2-6(7)3-5/h4-7H,2-3,8H2,1H3. The minimum Gasteiger partial charge on any atom is -0.328 e. The van der Waals surface area contributed by atoms with Crippen molar-refractivity contribution in [1.82, 2.24) is 0 Å². The number of hydrogen-bond donors (Lipinski definition) is 1. The molecule has 3 aliphatic carbocycles. The Labute approximate surface area is 50.3 Å². The molecule has 2 N–H and O–H groups in total. The third-order valence-corrected chi connectivity index (χ3v) is 2.91. The summed E-state index contributed by atoms with van der Waals surface area (Å²) in [5, 5.41) is 0. The van der Waals surface area contributed by atoms with Crippen LogP contribution < -0.4 is 5.73 Å². The maximum absolute atomic E-state index is 5.72. The third-order valence-electron chi connectivity index (χ3n) is 2.91. The van der Waals surface area contributed by atoms with Crippen molar-refractivity contribution in [2.45, 2.75) is 25.8 Å². The van der Waals surface area contributed by atoms with Gasteiger partial charge in [-0.05, 0) is 37.5 Å². The van der Waals surface area contributed by atoms with Gasteiger partial charge in [0.2, 0.25) is 0 Å². The fourth-order valence-electron chi connectivity index (χ4n) is 2.19. The average Bonchev–Trinajstić information content (AvgIpc) is 1.14. The van der Waals surface area contributed by atoms with Crippen molar-refractivity contribution in [2.24, 2.45) is 23.5 Å². The molecule has 0 amide bonds. The minimum absolute atomic E-state index is 0.479. The molecule has 0 saturated heterocycles. The quantitative estimate of drug-likeness (QED) is 0.536. The van der Waals surface area contributed by atoms with Crippen molar-refractivity contribution in [2.75, 3.05) is 0 Å². The molecule has 3 saturated carbocycles. The second kappa shape index (κ2) is 1.27. The van der Waals surface area contributed by atoms with E-state index in [-0.39, 0.29) is 0 Å². The molecule has 46 valence electrons. The highest BCUT2D eigenvalue weighted by Gasteiger charge is 2.53. The molecule has 2 bridgehead atoms. The van der Waals surface area contributed by atoms with Crippen molar-refractivity contribution in [3.05, 3.63) is 0 Å². The smallest absolute Gasteiger partial charge is 0.00440 e. The molecule has 1 unspecified atom stereocenters. The summed E-state index contributed by atoms with van der Waals surface area (Å²) in [7, 11) is 0. The van der Waals surface area contributed by atoms with Crippen LogP contribution in [0.15, 0.2) is 0 Å². The van der Waals surface area contributed by atoms with E-state index in [4.69, 9.17) is 5.73 Å². The van der Waals surface area contributed by atoms with Gasteiger partial charge in [0.15, 0.2) is 0 Å². The molecule has 0 aliphatic heterocycles. The second-order valence-electron chi connectivity index (χ2n) is 3.43. The van der Waals surface area contributed by atoms with Gasteiger partial charge in [0.05, 0.1) is 0 Å². The molecule has 0 radical (unpaired) electrons. The molecular formula is C7H13N. The second-order valence-corrected chi connectivity index (χ2v) is 3.43. The highest BCUT2D eigenvalue weighted by Crippen LogP contribution is 2.59. The Kier molecular flexibility index (Phi) is 0.762. The lowest BCUT2D eigenvalue weighted by atomic mass is 9.46. The van der Waals surface area contributed by atoms with Crippen LogP contribution in [0.1, 0.15) is 19.8 Å². The van der Waals surface area contributed by atoms with Crippen molar-refractivity contribution in [1.29, 1.82) is 0 Å². The van der Waals surface area contributed by atoms with Gasteiger partial charge in [0.25, 0.3) is 0 Å². The van der Waals surface area contributed by atoms with Gasteiger partial charge in [-0.1, -0.05) is 0 Å². The zero-order chi connectivity index (χ0) is 5.72. The zero-order valence-corrected chi connectivity index (χ0v) is 5.30. The molecule has 3 rings (SSSR count). The van der Waals surface area contributed by atoms with Crippen LogP contribution in [0, 0.1) is 17.8 Å². The van der Waals surface area contributed by atoms with E-state index in [2.05, 4.69) is 6.92 Å². The lowest BCUT2D eigenvalue weighted by molar-refractivity contribution is -0.0915. The first kappa shape index (κ1) is 4.80. The molecule has 0 aromatic rings. The van der Waals surface area contributed by atoms with E-state index in [9.17, 15) is 0 Å². The van der Waals surface area contributed by atoms with E-state index in [0.29, 0.717) is 6.04 Å². The number of rotatable bonds is 1. The van der Waals surface area contributed by atoms with Gasteiger partial charge in [0.1, 0.15) is 0 Å². The highest BCUT2D eigenvalue weighted by molar-refractivity contribution is 5.04. The van der Waals surface area contributed by atoms with Crippen LogP contribution in [0.2, 0.25) is 0 Å². The maximum atomic E-state index is 5.72. The Hall–Kier alpha value is -0.0400. The van der Waals surface area contributed by atoms with E-state index < -0.39 is 0 Å². The van der Waals surface area contributed by atoms with Gasteiger partial charge >= 0.3 is 0 Å². The van der Waals surface area contributed by atoms with Gasteiger partial charge < -0.3 is 5.73 Å². The summed E-state index contributed by atoms with van der Waals surface area (Å²) < 4.78 is 0. The van der Waals surface area contributed by atoms with E-state index >= 15 is 0 Å². The molecule has 1 nitrogen and oxygen atoms in total. The maximum Gasteiger partial charge on any atom is 0.00440 e. The van der Waals surface area contributed by atoms with Crippen molar-refractivity contribution < 1.29 is 0 Å². The fourth-order valence-corrected chi connectivity index (χ4v) is 2.19. The molecule has 0 heterocycles. The SMILES string of the molecule is CC(N)C1C2CC1C2. The predicted molar refractivity (Wildman–Crippen MR) is 33.4 cm³/mol. The molecule has 3 aliphatic rings. The molecule has 1 atom stereocenters. The Morgan fingerprint density at radius 3 is 1.88 bits per heavy atom.